The van der Waals surface area contributed by atoms with Gasteiger partial charge in [0.1, 0.15) is 16.4 Å². The zero-order chi connectivity index (χ0) is 32.5. The number of ether oxygens (including phenoxy) is 3. The first kappa shape index (κ1) is 31.5. The van der Waals surface area contributed by atoms with Crippen LogP contribution in [-0.2, 0) is 24.3 Å². The number of sulfonamides is 1. The van der Waals surface area contributed by atoms with Crippen LogP contribution in [0.25, 0.3) is 0 Å². The van der Waals surface area contributed by atoms with Crippen LogP contribution in [0.5, 0.6) is 11.5 Å². The van der Waals surface area contributed by atoms with Crippen molar-refractivity contribution < 1.29 is 37.0 Å². The number of carbonyl (C=O) groups excluding carboxylic acids is 3. The molecule has 236 valence electrons. The Morgan fingerprint density at radius 1 is 1.02 bits per heavy atom. The highest BCUT2D eigenvalue weighted by atomic mass is 32.2. The van der Waals surface area contributed by atoms with E-state index in [1.807, 2.05) is 32.0 Å². The quantitative estimate of drug-likeness (QED) is 0.319. The minimum absolute atomic E-state index is 0.0599. The molecule has 3 amide bonds. The summed E-state index contributed by atoms with van der Waals surface area (Å²) in [7, 11) is -2.88. The van der Waals surface area contributed by atoms with Crippen molar-refractivity contribution in [2.45, 2.75) is 50.7 Å². The van der Waals surface area contributed by atoms with E-state index in [1.165, 1.54) is 33.1 Å². The van der Waals surface area contributed by atoms with E-state index in [0.717, 1.165) is 15.4 Å². The highest BCUT2D eigenvalue weighted by Gasteiger charge is 2.55. The molecule has 1 N–H and O–H groups in total. The number of hydrogen-bond acceptors (Lipinski definition) is 9. The number of imide groups is 1. The number of aliphatic imine (C=N–C) groups is 1. The molecule has 0 bridgehead atoms. The Morgan fingerprint density at radius 2 is 1.73 bits per heavy atom. The molecule has 45 heavy (non-hydrogen) atoms. The van der Waals surface area contributed by atoms with Crippen LogP contribution in [0.4, 0.5) is 16.2 Å². The molecule has 0 saturated carbocycles. The molecule has 0 aromatic heterocycles. The highest BCUT2D eigenvalue weighted by Crippen LogP contribution is 2.36. The molecule has 0 aliphatic carbocycles. The van der Waals surface area contributed by atoms with Gasteiger partial charge in [-0.2, -0.15) is 0 Å². The van der Waals surface area contributed by atoms with Gasteiger partial charge in [-0.1, -0.05) is 42.0 Å². The fourth-order valence-electron chi connectivity index (χ4n) is 5.18. The lowest BCUT2D eigenvalue weighted by atomic mass is 10.1. The number of nitrogens with zero attached hydrogens (tertiary/aromatic N) is 3. The second-order valence-electron chi connectivity index (χ2n) is 11.1. The zero-order valence-electron chi connectivity index (χ0n) is 25.6. The summed E-state index contributed by atoms with van der Waals surface area (Å²) >= 11 is 0. The van der Waals surface area contributed by atoms with Crippen molar-refractivity contribution in [3.63, 3.8) is 0 Å². The molecule has 1 saturated heterocycles. The molecule has 5 rings (SSSR count). The number of carbonyl (C=O) groups is 3. The van der Waals surface area contributed by atoms with Gasteiger partial charge in [0.2, 0.25) is 0 Å². The smallest absolute Gasteiger partial charge is 0.418 e. The van der Waals surface area contributed by atoms with E-state index in [9.17, 15) is 22.8 Å². The number of para-hydroxylation sites is 3. The second kappa shape index (κ2) is 12.2. The largest absolute Gasteiger partial charge is 0.495 e. The van der Waals surface area contributed by atoms with E-state index in [1.54, 1.807) is 36.4 Å². The average molecular weight is 635 g/mol. The Morgan fingerprint density at radius 3 is 2.42 bits per heavy atom. The average Bonchev–Trinajstić information content (AvgIpc) is 3.19. The number of amides is 3. The number of fused-ring (bicyclic) bond motifs is 1. The summed E-state index contributed by atoms with van der Waals surface area (Å²) in [5.41, 5.74) is 0.705. The number of anilines is 1. The third-order valence-corrected chi connectivity index (χ3v) is 9.26. The Balaban J connectivity index is 1.56. The summed E-state index contributed by atoms with van der Waals surface area (Å²) in [6.45, 7) is 6.63. The van der Waals surface area contributed by atoms with Gasteiger partial charge in [-0.15, -0.1) is 0 Å². The summed E-state index contributed by atoms with van der Waals surface area (Å²) in [5, 5.41) is 2.68. The van der Waals surface area contributed by atoms with Crippen molar-refractivity contribution in [3.05, 3.63) is 77.9 Å². The van der Waals surface area contributed by atoms with Gasteiger partial charge < -0.3 is 19.5 Å². The molecule has 1 fully saturated rings. The van der Waals surface area contributed by atoms with E-state index in [2.05, 4.69) is 10.3 Å². The molecule has 3 aromatic carbocycles. The molecule has 2 aliphatic heterocycles. The van der Waals surface area contributed by atoms with Crippen LogP contribution >= 0.6 is 0 Å². The summed E-state index contributed by atoms with van der Waals surface area (Å²) in [6.07, 6.45) is -0.916. The summed E-state index contributed by atoms with van der Waals surface area (Å²) in [6, 6.07) is 16.5. The van der Waals surface area contributed by atoms with Crippen molar-refractivity contribution in [1.82, 2.24) is 9.21 Å². The number of methoxy groups -OCH3 is 1. The van der Waals surface area contributed by atoms with E-state index in [-0.39, 0.29) is 41.7 Å². The van der Waals surface area contributed by atoms with Crippen molar-refractivity contribution in [1.29, 1.82) is 0 Å². The maximum atomic E-state index is 14.1. The molecular weight excluding hydrogens is 600 g/mol. The predicted octanol–water partition coefficient (Wildman–Crippen LogP) is 4.58. The van der Waals surface area contributed by atoms with E-state index < -0.39 is 39.6 Å². The first-order chi connectivity index (χ1) is 21.3. The topological polar surface area (TPSA) is 144 Å². The summed E-state index contributed by atoms with van der Waals surface area (Å²) < 4.78 is 45.7. The number of rotatable bonds is 10. The Labute approximate surface area is 261 Å². The van der Waals surface area contributed by atoms with Gasteiger partial charge in [0.05, 0.1) is 25.1 Å². The molecule has 2 aliphatic rings. The number of nitrogens with one attached hydrogen (secondary N) is 1. The molecule has 2 heterocycles. The number of cyclic esters (lactones) is 1. The molecular formula is C32H34N4O8S. The highest BCUT2D eigenvalue weighted by molar-refractivity contribution is 7.90. The van der Waals surface area contributed by atoms with Crippen molar-refractivity contribution in [2.75, 3.05) is 25.6 Å². The Kier molecular flexibility index (Phi) is 8.57. The molecule has 0 spiro atoms. The molecule has 13 heteroatoms. The first-order valence-corrected chi connectivity index (χ1v) is 15.7. The maximum absolute atomic E-state index is 14.1. The van der Waals surface area contributed by atoms with Gasteiger partial charge in [0.25, 0.3) is 21.8 Å². The predicted molar refractivity (Wildman–Crippen MR) is 166 cm³/mol. The van der Waals surface area contributed by atoms with Crippen LogP contribution in [0.1, 0.15) is 31.4 Å². The van der Waals surface area contributed by atoms with Gasteiger partial charge in [-0.25, -0.2) is 23.1 Å². The first-order valence-electron chi connectivity index (χ1n) is 14.3. The van der Waals surface area contributed by atoms with Gasteiger partial charge in [-0.05, 0) is 63.6 Å². The fourth-order valence-corrected chi connectivity index (χ4v) is 6.80. The maximum Gasteiger partial charge on any atom is 0.418 e. The number of benzene rings is 3. The Bertz CT molecular complexity index is 1800. The fraction of sp³-hybridized carbons (Fsp3) is 0.312. The lowest BCUT2D eigenvalue weighted by molar-refractivity contribution is -0.137. The molecule has 1 unspecified atom stereocenters. The standard InChI is InChI=1S/C32H34N4O8S/c1-20-15-16-24(21(2)19-20)43-18-10-17-35-28(33-23-12-7-9-14-26(23)45(35,40)41)27(36-30(38)32(3,4)44-31(36)39)29(37)34-22-11-6-8-13-25(22)42-5/h6-9,11-16,19,27H,10,17-18H2,1-5H3,(H,34,37). The molecule has 12 nitrogen and oxygen atoms in total. The lowest BCUT2D eigenvalue weighted by Crippen LogP contribution is -2.59. The zero-order valence-corrected chi connectivity index (χ0v) is 26.4. The number of amidine groups is 1. The number of aryl methyl sites for hydroxylation is 2. The molecule has 3 aromatic rings. The van der Waals surface area contributed by atoms with Gasteiger partial charge >= 0.3 is 6.09 Å². The SMILES string of the molecule is COc1ccccc1NC(=O)C(C1=Nc2ccccc2S(=O)(=O)N1CCCOc1ccc(C)cc1C)N1C(=O)OC(C)(C)C1=O. The van der Waals surface area contributed by atoms with Crippen LogP contribution in [0.15, 0.2) is 76.6 Å². The monoisotopic (exact) mass is 634 g/mol. The van der Waals surface area contributed by atoms with Crippen molar-refractivity contribution >= 4 is 45.1 Å². The third-order valence-electron chi connectivity index (χ3n) is 7.41. The van der Waals surface area contributed by atoms with Crippen LogP contribution in [0.3, 0.4) is 0 Å². The minimum atomic E-state index is -4.30. The summed E-state index contributed by atoms with van der Waals surface area (Å²) in [4.78, 5) is 45.9. The van der Waals surface area contributed by atoms with Gasteiger partial charge in [-0.3, -0.25) is 13.9 Å². The van der Waals surface area contributed by atoms with Crippen LogP contribution in [-0.4, -0.2) is 73.3 Å². The molecule has 1 atom stereocenters. The third kappa shape index (κ3) is 6.07. The van der Waals surface area contributed by atoms with Crippen molar-refractivity contribution in [2.24, 2.45) is 4.99 Å². The summed E-state index contributed by atoms with van der Waals surface area (Å²) in [5.74, 6) is -1.10. The van der Waals surface area contributed by atoms with Crippen molar-refractivity contribution in [3.8, 4) is 11.5 Å². The van der Waals surface area contributed by atoms with E-state index in [0.29, 0.717) is 16.4 Å². The van der Waals surface area contributed by atoms with Crippen LogP contribution < -0.4 is 14.8 Å². The molecule has 0 radical (unpaired) electrons. The van der Waals surface area contributed by atoms with Gasteiger partial charge in [0, 0.05) is 13.0 Å². The van der Waals surface area contributed by atoms with E-state index >= 15 is 0 Å². The normalized spacial score (nSPS) is 17.2. The second-order valence-corrected chi connectivity index (χ2v) is 13.0. The lowest BCUT2D eigenvalue weighted by Gasteiger charge is -2.35. The van der Waals surface area contributed by atoms with Crippen LogP contribution in [0, 0.1) is 13.8 Å². The Hall–Kier alpha value is -4.91. The van der Waals surface area contributed by atoms with Crippen LogP contribution in [0.2, 0.25) is 0 Å². The van der Waals surface area contributed by atoms with Gasteiger partial charge in [0.15, 0.2) is 17.5 Å². The number of hydrogen-bond donors (Lipinski definition) is 1. The van der Waals surface area contributed by atoms with E-state index in [4.69, 9.17) is 14.2 Å². The minimum Gasteiger partial charge on any atom is -0.495 e.